The molecule has 0 spiro atoms. The zero-order valence-electron chi connectivity index (χ0n) is 16.6. The highest BCUT2D eigenvalue weighted by Gasteiger charge is 2.25. The lowest BCUT2D eigenvalue weighted by atomic mass is 10.1. The van der Waals surface area contributed by atoms with E-state index in [9.17, 15) is 9.18 Å². The molecule has 0 unspecified atom stereocenters. The highest BCUT2D eigenvalue weighted by Crippen LogP contribution is 2.30. The summed E-state index contributed by atoms with van der Waals surface area (Å²) in [5, 5.41) is 9.47. The smallest absolute Gasteiger partial charge is 0.196 e. The van der Waals surface area contributed by atoms with E-state index in [0.29, 0.717) is 15.7 Å². The molecular formula is C21H22ClFN4OS. The third-order valence-corrected chi connectivity index (χ3v) is 5.97. The molecule has 0 amide bonds. The lowest BCUT2D eigenvalue weighted by Crippen LogP contribution is -2.21. The van der Waals surface area contributed by atoms with E-state index in [4.69, 9.17) is 11.6 Å². The fraction of sp³-hybridized carbons (Fsp3) is 0.286. The Morgan fingerprint density at radius 3 is 2.28 bits per heavy atom. The van der Waals surface area contributed by atoms with Gasteiger partial charge in [-0.25, -0.2) is 4.39 Å². The number of thioether (sulfide) groups is 1. The van der Waals surface area contributed by atoms with Gasteiger partial charge in [0, 0.05) is 16.3 Å². The minimum absolute atomic E-state index is 0.0239. The molecule has 0 aliphatic rings. The van der Waals surface area contributed by atoms with Crippen LogP contribution in [0.1, 0.15) is 36.1 Å². The monoisotopic (exact) mass is 432 g/mol. The van der Waals surface area contributed by atoms with Crippen LogP contribution in [0.2, 0.25) is 5.02 Å². The number of aromatic nitrogens is 3. The molecule has 1 heterocycles. The minimum atomic E-state index is -0.387. The van der Waals surface area contributed by atoms with Crippen LogP contribution in [0.4, 0.5) is 4.39 Å². The molecule has 0 aliphatic heterocycles. The number of benzene rings is 2. The van der Waals surface area contributed by atoms with Crippen molar-refractivity contribution in [3.63, 3.8) is 0 Å². The molecule has 8 heteroatoms. The largest absolute Gasteiger partial charge is 0.300 e. The van der Waals surface area contributed by atoms with Gasteiger partial charge < -0.3 is 0 Å². The fourth-order valence-corrected chi connectivity index (χ4v) is 3.83. The molecule has 0 saturated heterocycles. The van der Waals surface area contributed by atoms with E-state index in [1.54, 1.807) is 36.4 Å². The molecular weight excluding hydrogens is 411 g/mol. The van der Waals surface area contributed by atoms with Crippen LogP contribution in [0.25, 0.3) is 5.69 Å². The van der Waals surface area contributed by atoms with E-state index in [2.05, 4.69) is 10.2 Å². The fourth-order valence-electron chi connectivity index (χ4n) is 2.75. The maximum absolute atomic E-state index is 13.4. The summed E-state index contributed by atoms with van der Waals surface area (Å²) in [4.78, 5) is 14.8. The molecule has 3 aromatic rings. The first-order chi connectivity index (χ1) is 13.8. The van der Waals surface area contributed by atoms with E-state index in [0.717, 1.165) is 11.5 Å². The van der Waals surface area contributed by atoms with Gasteiger partial charge in [-0.1, -0.05) is 23.4 Å². The van der Waals surface area contributed by atoms with Crippen molar-refractivity contribution in [2.75, 3.05) is 14.1 Å². The first-order valence-corrected chi connectivity index (χ1v) is 10.4. The average molecular weight is 433 g/mol. The van der Waals surface area contributed by atoms with Gasteiger partial charge in [-0.05, 0) is 76.5 Å². The van der Waals surface area contributed by atoms with E-state index >= 15 is 0 Å². The normalized spacial score (nSPS) is 13.5. The Morgan fingerprint density at radius 1 is 1.07 bits per heavy atom. The predicted molar refractivity (Wildman–Crippen MR) is 115 cm³/mol. The lowest BCUT2D eigenvalue weighted by molar-refractivity contribution is 0.0994. The second-order valence-corrected chi connectivity index (χ2v) is 8.67. The average Bonchev–Trinajstić information content (AvgIpc) is 3.11. The zero-order chi connectivity index (χ0) is 21.1. The SMILES string of the molecule is C[C@H](Sc1nnc([C@@H](C)N(C)C)n1-c1ccc(F)cc1)C(=O)c1ccc(Cl)cc1. The lowest BCUT2D eigenvalue weighted by Gasteiger charge is -2.21. The molecule has 0 aliphatic carbocycles. The van der Waals surface area contributed by atoms with Gasteiger partial charge in [-0.3, -0.25) is 14.3 Å². The quantitative estimate of drug-likeness (QED) is 0.386. The summed E-state index contributed by atoms with van der Waals surface area (Å²) in [6.45, 7) is 3.85. The van der Waals surface area contributed by atoms with Crippen LogP contribution in [-0.4, -0.2) is 44.8 Å². The Bertz CT molecular complexity index is 989. The maximum Gasteiger partial charge on any atom is 0.196 e. The van der Waals surface area contributed by atoms with E-state index in [1.165, 1.54) is 23.9 Å². The number of nitrogens with zero attached hydrogens (tertiary/aromatic N) is 4. The third kappa shape index (κ3) is 4.86. The molecule has 152 valence electrons. The predicted octanol–water partition coefficient (Wildman–Crippen LogP) is 5.05. The molecule has 5 nitrogen and oxygen atoms in total. The number of hydrogen-bond acceptors (Lipinski definition) is 5. The Kier molecular flexibility index (Phi) is 6.72. The van der Waals surface area contributed by atoms with Crippen LogP contribution in [0.15, 0.2) is 53.7 Å². The third-order valence-electron chi connectivity index (χ3n) is 4.67. The summed E-state index contributed by atoms with van der Waals surface area (Å²) in [7, 11) is 3.90. The van der Waals surface area contributed by atoms with Gasteiger partial charge in [0.2, 0.25) is 0 Å². The van der Waals surface area contributed by atoms with E-state index < -0.39 is 0 Å². The van der Waals surface area contributed by atoms with Crippen molar-refractivity contribution in [1.82, 2.24) is 19.7 Å². The zero-order valence-corrected chi connectivity index (χ0v) is 18.2. The highest BCUT2D eigenvalue weighted by molar-refractivity contribution is 8.00. The second-order valence-electron chi connectivity index (χ2n) is 6.92. The minimum Gasteiger partial charge on any atom is -0.300 e. The summed E-state index contributed by atoms with van der Waals surface area (Å²) < 4.78 is 15.3. The van der Waals surface area contributed by atoms with Gasteiger partial charge in [0.05, 0.1) is 11.3 Å². The second kappa shape index (κ2) is 9.07. The molecule has 0 saturated carbocycles. The first kappa shape index (κ1) is 21.5. The summed E-state index contributed by atoms with van der Waals surface area (Å²) in [6.07, 6.45) is 0. The molecule has 3 rings (SSSR count). The summed E-state index contributed by atoms with van der Waals surface area (Å²) in [5.41, 5.74) is 1.33. The van der Waals surface area contributed by atoms with Gasteiger partial charge in [-0.2, -0.15) is 0 Å². The van der Waals surface area contributed by atoms with Gasteiger partial charge in [0.15, 0.2) is 16.8 Å². The molecule has 0 radical (unpaired) electrons. The van der Waals surface area contributed by atoms with Crippen molar-refractivity contribution >= 4 is 29.1 Å². The molecule has 0 bridgehead atoms. The Labute approximate surface area is 178 Å². The van der Waals surface area contributed by atoms with Gasteiger partial charge in [-0.15, -0.1) is 10.2 Å². The van der Waals surface area contributed by atoms with Crippen LogP contribution >= 0.6 is 23.4 Å². The van der Waals surface area contributed by atoms with Crippen LogP contribution in [0.3, 0.4) is 0 Å². The number of halogens is 2. The molecule has 0 N–H and O–H groups in total. The number of ketones is 1. The van der Waals surface area contributed by atoms with Gasteiger partial charge in [0.25, 0.3) is 0 Å². The number of Topliss-reactive ketones (excluding diaryl/α,β-unsaturated/α-hetero) is 1. The molecule has 29 heavy (non-hydrogen) atoms. The van der Waals surface area contributed by atoms with Crippen molar-refractivity contribution in [3.05, 3.63) is 70.8 Å². The molecule has 2 atom stereocenters. The molecule has 1 aromatic heterocycles. The van der Waals surface area contributed by atoms with Crippen molar-refractivity contribution in [3.8, 4) is 5.69 Å². The summed E-state index contributed by atoms with van der Waals surface area (Å²) >= 11 is 7.24. The number of hydrogen-bond donors (Lipinski definition) is 0. The number of rotatable bonds is 7. The van der Waals surface area contributed by atoms with Gasteiger partial charge >= 0.3 is 0 Å². The van der Waals surface area contributed by atoms with Crippen LogP contribution < -0.4 is 0 Å². The topological polar surface area (TPSA) is 51.0 Å². The van der Waals surface area contributed by atoms with Crippen LogP contribution in [0, 0.1) is 5.82 Å². The van der Waals surface area contributed by atoms with E-state index in [-0.39, 0.29) is 22.9 Å². The van der Waals surface area contributed by atoms with Gasteiger partial charge in [0.1, 0.15) is 5.82 Å². The van der Waals surface area contributed by atoms with Crippen molar-refractivity contribution in [1.29, 1.82) is 0 Å². The number of carbonyl (C=O) groups is 1. The number of carbonyl (C=O) groups excluding carboxylic acids is 1. The van der Waals surface area contributed by atoms with Crippen LogP contribution in [-0.2, 0) is 0 Å². The van der Waals surface area contributed by atoms with Crippen molar-refractivity contribution < 1.29 is 9.18 Å². The summed E-state index contributed by atoms with van der Waals surface area (Å²) in [5.74, 6) is 0.377. The van der Waals surface area contributed by atoms with Crippen molar-refractivity contribution in [2.24, 2.45) is 0 Å². The van der Waals surface area contributed by atoms with Crippen molar-refractivity contribution in [2.45, 2.75) is 30.3 Å². The Hall–Kier alpha value is -2.22. The Balaban J connectivity index is 1.95. The standard InChI is InChI=1S/C21H22ClFN4OS/c1-13(26(3)4)20-24-25-21(27(20)18-11-9-17(23)10-12-18)29-14(2)19(28)15-5-7-16(22)8-6-15/h5-14H,1-4H3/t13-,14+/m1/s1. The molecule has 2 aromatic carbocycles. The Morgan fingerprint density at radius 2 is 1.69 bits per heavy atom. The maximum atomic E-state index is 13.4. The van der Waals surface area contributed by atoms with Crippen LogP contribution in [0.5, 0.6) is 0 Å². The van der Waals surface area contributed by atoms with E-state index in [1.807, 2.05) is 37.4 Å². The first-order valence-electron chi connectivity index (χ1n) is 9.12. The summed E-state index contributed by atoms with van der Waals surface area (Å²) in [6, 6.07) is 13.0. The molecule has 0 fully saturated rings. The highest BCUT2D eigenvalue weighted by atomic mass is 35.5.